The lowest BCUT2D eigenvalue weighted by molar-refractivity contribution is 0.0794. The highest BCUT2D eigenvalue weighted by Gasteiger charge is 2.22. The van der Waals surface area contributed by atoms with Crippen LogP contribution in [0.2, 0.25) is 0 Å². The largest absolute Gasteiger partial charge is 0.466 e. The first kappa shape index (κ1) is 13.1. The molecule has 0 fully saturated rings. The van der Waals surface area contributed by atoms with E-state index in [4.69, 9.17) is 16.0 Å². The summed E-state index contributed by atoms with van der Waals surface area (Å²) < 4.78 is 5.44. The fraction of sp³-hybridized carbons (Fsp3) is 0.583. The van der Waals surface area contributed by atoms with E-state index in [0.717, 1.165) is 11.3 Å². The number of amides is 1. The second-order valence-corrected chi connectivity index (χ2v) is 4.93. The van der Waals surface area contributed by atoms with Crippen molar-refractivity contribution in [2.24, 2.45) is 0 Å². The van der Waals surface area contributed by atoms with E-state index in [9.17, 15) is 4.79 Å². The van der Waals surface area contributed by atoms with E-state index in [1.54, 1.807) is 11.9 Å². The molecule has 0 radical (unpaired) electrons. The van der Waals surface area contributed by atoms with E-state index in [1.807, 2.05) is 27.7 Å². The maximum Gasteiger partial charge on any atom is 0.257 e. The minimum Gasteiger partial charge on any atom is -0.466 e. The minimum atomic E-state index is -0.0532. The molecule has 1 aromatic heterocycles. The number of rotatable bonds is 3. The summed E-state index contributed by atoms with van der Waals surface area (Å²) in [4.78, 5) is 13.8. The quantitative estimate of drug-likeness (QED) is 0.765. The molecule has 1 aromatic rings. The topological polar surface area (TPSA) is 33.5 Å². The van der Waals surface area contributed by atoms with Crippen molar-refractivity contribution in [2.45, 2.75) is 33.1 Å². The number of hydrogen-bond acceptors (Lipinski definition) is 2. The first-order valence-corrected chi connectivity index (χ1v) is 5.74. The van der Waals surface area contributed by atoms with Crippen LogP contribution in [-0.4, -0.2) is 29.8 Å². The van der Waals surface area contributed by atoms with Crippen LogP contribution in [-0.2, 0) is 0 Å². The van der Waals surface area contributed by atoms with Crippen LogP contribution in [0.15, 0.2) is 4.42 Å². The Labute approximate surface area is 101 Å². The van der Waals surface area contributed by atoms with E-state index >= 15 is 0 Å². The maximum absolute atomic E-state index is 12.1. The summed E-state index contributed by atoms with van der Waals surface area (Å²) in [6.45, 7) is 7.97. The standard InChI is InChI=1S/C12H18ClNO2/c1-7(13)6-14(5)12(15)11-8(2)9(3)16-10(11)4/h7H,6H2,1-5H3. The molecule has 0 aliphatic heterocycles. The van der Waals surface area contributed by atoms with E-state index in [-0.39, 0.29) is 11.3 Å². The number of alkyl halides is 1. The van der Waals surface area contributed by atoms with Gasteiger partial charge >= 0.3 is 0 Å². The minimum absolute atomic E-state index is 0.0284. The Hall–Kier alpha value is -0.960. The lowest BCUT2D eigenvalue weighted by Crippen LogP contribution is -2.31. The van der Waals surface area contributed by atoms with Gasteiger partial charge < -0.3 is 9.32 Å². The molecule has 1 unspecified atom stereocenters. The summed E-state index contributed by atoms with van der Waals surface area (Å²) >= 11 is 5.87. The summed E-state index contributed by atoms with van der Waals surface area (Å²) in [5, 5.41) is -0.0532. The Morgan fingerprint density at radius 3 is 2.31 bits per heavy atom. The van der Waals surface area contributed by atoms with Crippen LogP contribution in [0.3, 0.4) is 0 Å². The highest BCUT2D eigenvalue weighted by Crippen LogP contribution is 2.22. The van der Waals surface area contributed by atoms with E-state index < -0.39 is 0 Å². The second-order valence-electron chi connectivity index (χ2n) is 4.18. The van der Waals surface area contributed by atoms with Crippen molar-refractivity contribution in [3.63, 3.8) is 0 Å². The van der Waals surface area contributed by atoms with Gasteiger partial charge in [0.05, 0.1) is 5.56 Å². The summed E-state index contributed by atoms with van der Waals surface area (Å²) in [5.74, 6) is 1.45. The molecule has 0 saturated carbocycles. The normalized spacial score (nSPS) is 12.6. The van der Waals surface area contributed by atoms with Crippen LogP contribution in [0.5, 0.6) is 0 Å². The molecular weight excluding hydrogens is 226 g/mol. The molecule has 90 valence electrons. The third-order valence-electron chi connectivity index (χ3n) is 2.65. The van der Waals surface area contributed by atoms with Crippen LogP contribution < -0.4 is 0 Å². The Balaban J connectivity index is 2.96. The Bertz CT molecular complexity index is 396. The predicted molar refractivity (Wildman–Crippen MR) is 65.2 cm³/mol. The van der Waals surface area contributed by atoms with Gasteiger partial charge in [-0.1, -0.05) is 0 Å². The molecule has 16 heavy (non-hydrogen) atoms. The summed E-state index contributed by atoms with van der Waals surface area (Å²) in [7, 11) is 1.75. The van der Waals surface area contributed by atoms with Gasteiger partial charge in [0.25, 0.3) is 5.91 Å². The van der Waals surface area contributed by atoms with Crippen molar-refractivity contribution in [2.75, 3.05) is 13.6 Å². The first-order chi connectivity index (χ1) is 7.34. The molecule has 1 amide bonds. The maximum atomic E-state index is 12.1. The zero-order valence-corrected chi connectivity index (χ0v) is 11.2. The third kappa shape index (κ3) is 2.59. The molecule has 0 spiro atoms. The molecule has 0 aliphatic carbocycles. The molecule has 0 aliphatic rings. The molecule has 0 bridgehead atoms. The molecule has 0 N–H and O–H groups in total. The van der Waals surface area contributed by atoms with Gasteiger partial charge in [-0.05, 0) is 27.7 Å². The molecule has 3 nitrogen and oxygen atoms in total. The van der Waals surface area contributed by atoms with Gasteiger partial charge in [-0.3, -0.25) is 4.79 Å². The number of aryl methyl sites for hydroxylation is 2. The van der Waals surface area contributed by atoms with Crippen LogP contribution in [0.25, 0.3) is 0 Å². The zero-order chi connectivity index (χ0) is 12.5. The van der Waals surface area contributed by atoms with Gasteiger partial charge in [0.2, 0.25) is 0 Å². The van der Waals surface area contributed by atoms with Crippen molar-refractivity contribution in [3.8, 4) is 0 Å². The van der Waals surface area contributed by atoms with Crippen LogP contribution in [0, 0.1) is 20.8 Å². The number of furan rings is 1. The van der Waals surface area contributed by atoms with Crippen molar-refractivity contribution >= 4 is 17.5 Å². The number of carbonyl (C=O) groups is 1. The SMILES string of the molecule is Cc1oc(C)c(C(=O)N(C)CC(C)Cl)c1C. The zero-order valence-electron chi connectivity index (χ0n) is 10.4. The van der Waals surface area contributed by atoms with Crippen molar-refractivity contribution < 1.29 is 9.21 Å². The van der Waals surface area contributed by atoms with Crippen LogP contribution in [0.4, 0.5) is 0 Å². The Morgan fingerprint density at radius 2 is 1.94 bits per heavy atom. The van der Waals surface area contributed by atoms with Crippen molar-refractivity contribution in [3.05, 3.63) is 22.6 Å². The smallest absolute Gasteiger partial charge is 0.257 e. The average molecular weight is 244 g/mol. The highest BCUT2D eigenvalue weighted by molar-refractivity contribution is 6.20. The summed E-state index contributed by atoms with van der Waals surface area (Å²) in [6, 6.07) is 0. The van der Waals surface area contributed by atoms with Gasteiger partial charge in [0.1, 0.15) is 11.5 Å². The Kier molecular flexibility index (Phi) is 4.03. The summed E-state index contributed by atoms with van der Waals surface area (Å²) in [5.41, 5.74) is 1.58. The Morgan fingerprint density at radius 1 is 1.38 bits per heavy atom. The summed E-state index contributed by atoms with van der Waals surface area (Å²) in [6.07, 6.45) is 0. The van der Waals surface area contributed by atoms with Crippen molar-refractivity contribution in [1.82, 2.24) is 4.90 Å². The average Bonchev–Trinajstić information content (AvgIpc) is 2.39. The fourth-order valence-corrected chi connectivity index (χ4v) is 1.97. The van der Waals surface area contributed by atoms with E-state index in [0.29, 0.717) is 17.9 Å². The van der Waals surface area contributed by atoms with E-state index in [2.05, 4.69) is 0 Å². The highest BCUT2D eigenvalue weighted by atomic mass is 35.5. The lowest BCUT2D eigenvalue weighted by atomic mass is 10.1. The van der Waals surface area contributed by atoms with Crippen LogP contribution in [0.1, 0.15) is 34.4 Å². The molecule has 1 rings (SSSR count). The number of hydrogen-bond donors (Lipinski definition) is 0. The van der Waals surface area contributed by atoms with Gasteiger partial charge in [-0.25, -0.2) is 0 Å². The van der Waals surface area contributed by atoms with Gasteiger partial charge in [-0.15, -0.1) is 11.6 Å². The monoisotopic (exact) mass is 243 g/mol. The molecule has 0 saturated heterocycles. The van der Waals surface area contributed by atoms with E-state index in [1.165, 1.54) is 0 Å². The molecule has 1 atom stereocenters. The number of carbonyl (C=O) groups excluding carboxylic acids is 1. The van der Waals surface area contributed by atoms with Crippen molar-refractivity contribution in [1.29, 1.82) is 0 Å². The third-order valence-corrected chi connectivity index (χ3v) is 2.79. The number of nitrogens with zero attached hydrogens (tertiary/aromatic N) is 1. The molecule has 0 aromatic carbocycles. The lowest BCUT2D eigenvalue weighted by Gasteiger charge is -2.18. The molecule has 1 heterocycles. The second kappa shape index (κ2) is 4.91. The van der Waals surface area contributed by atoms with Gasteiger partial charge in [-0.2, -0.15) is 0 Å². The fourth-order valence-electron chi connectivity index (χ4n) is 1.76. The molecular formula is C12H18ClNO2. The predicted octanol–water partition coefficient (Wildman–Crippen LogP) is 2.90. The molecule has 4 heteroatoms. The van der Waals surface area contributed by atoms with Gasteiger partial charge in [0, 0.05) is 24.5 Å². The number of halogens is 1. The van der Waals surface area contributed by atoms with Gasteiger partial charge in [0.15, 0.2) is 0 Å². The first-order valence-electron chi connectivity index (χ1n) is 5.30. The van der Waals surface area contributed by atoms with Crippen LogP contribution >= 0.6 is 11.6 Å².